The van der Waals surface area contributed by atoms with Crippen LogP contribution in [0, 0.1) is 0 Å². The van der Waals surface area contributed by atoms with Crippen LogP contribution in [0.4, 0.5) is 5.69 Å². The summed E-state index contributed by atoms with van der Waals surface area (Å²) in [5.74, 6) is 0.798. The molecule has 3 rings (SSSR count). The van der Waals surface area contributed by atoms with Gasteiger partial charge in [-0.15, -0.1) is 0 Å². The van der Waals surface area contributed by atoms with Crippen LogP contribution in [-0.2, 0) is 6.54 Å². The summed E-state index contributed by atoms with van der Waals surface area (Å²) in [4.78, 5) is 0. The SMILES string of the molecule is Clc1cc(Br)cc(Cl)c1NCc1ccc(C2CC2)cc1. The fraction of sp³-hybridized carbons (Fsp3) is 0.250. The van der Waals surface area contributed by atoms with Crippen LogP contribution >= 0.6 is 39.1 Å². The zero-order valence-electron chi connectivity index (χ0n) is 10.8. The summed E-state index contributed by atoms with van der Waals surface area (Å²) < 4.78 is 0.881. The summed E-state index contributed by atoms with van der Waals surface area (Å²) in [7, 11) is 0. The minimum absolute atomic E-state index is 0.624. The van der Waals surface area contributed by atoms with E-state index in [9.17, 15) is 0 Å². The van der Waals surface area contributed by atoms with E-state index in [0.717, 1.165) is 16.1 Å². The molecule has 0 radical (unpaired) electrons. The van der Waals surface area contributed by atoms with Gasteiger partial charge in [0.05, 0.1) is 15.7 Å². The smallest absolute Gasteiger partial charge is 0.0722 e. The molecular formula is C16H14BrCl2N. The Balaban J connectivity index is 1.69. The van der Waals surface area contributed by atoms with Gasteiger partial charge in [-0.25, -0.2) is 0 Å². The van der Waals surface area contributed by atoms with Gasteiger partial charge in [-0.2, -0.15) is 0 Å². The Labute approximate surface area is 137 Å². The van der Waals surface area contributed by atoms with Crippen molar-refractivity contribution in [1.29, 1.82) is 0 Å². The van der Waals surface area contributed by atoms with E-state index < -0.39 is 0 Å². The second-order valence-corrected chi connectivity index (χ2v) is 6.84. The summed E-state index contributed by atoms with van der Waals surface area (Å²) in [6.45, 7) is 0.714. The molecule has 2 aromatic carbocycles. The first-order valence-corrected chi connectivity index (χ1v) is 8.15. The highest BCUT2D eigenvalue weighted by atomic mass is 79.9. The normalized spacial score (nSPS) is 14.3. The molecule has 1 aliphatic rings. The summed E-state index contributed by atoms with van der Waals surface area (Å²) in [5, 5.41) is 4.55. The molecule has 0 aromatic heterocycles. The van der Waals surface area contributed by atoms with E-state index in [1.54, 1.807) is 0 Å². The minimum Gasteiger partial charge on any atom is -0.379 e. The van der Waals surface area contributed by atoms with Crippen molar-refractivity contribution >= 4 is 44.8 Å². The quantitative estimate of drug-likeness (QED) is 0.670. The molecular weight excluding hydrogens is 357 g/mol. The molecule has 0 atom stereocenters. The molecule has 0 spiro atoms. The molecule has 1 N–H and O–H groups in total. The van der Waals surface area contributed by atoms with Crippen molar-refractivity contribution < 1.29 is 0 Å². The molecule has 0 amide bonds. The van der Waals surface area contributed by atoms with Crippen molar-refractivity contribution in [3.63, 3.8) is 0 Å². The topological polar surface area (TPSA) is 12.0 Å². The molecule has 104 valence electrons. The molecule has 1 aliphatic carbocycles. The zero-order valence-corrected chi connectivity index (χ0v) is 13.9. The Morgan fingerprint density at radius 2 is 1.65 bits per heavy atom. The van der Waals surface area contributed by atoms with Crippen LogP contribution in [0.3, 0.4) is 0 Å². The fourth-order valence-corrected chi connectivity index (χ4v) is 3.57. The monoisotopic (exact) mass is 369 g/mol. The zero-order chi connectivity index (χ0) is 14.1. The average molecular weight is 371 g/mol. The van der Waals surface area contributed by atoms with E-state index in [2.05, 4.69) is 45.5 Å². The van der Waals surface area contributed by atoms with Crippen LogP contribution in [0.15, 0.2) is 40.9 Å². The van der Waals surface area contributed by atoms with Gasteiger partial charge < -0.3 is 5.32 Å². The molecule has 0 bridgehead atoms. The Morgan fingerprint density at radius 3 is 2.20 bits per heavy atom. The number of hydrogen-bond acceptors (Lipinski definition) is 1. The van der Waals surface area contributed by atoms with Crippen molar-refractivity contribution in [2.45, 2.75) is 25.3 Å². The molecule has 2 aromatic rings. The Kier molecular flexibility index (Phi) is 4.25. The predicted octanol–water partition coefficient (Wildman–Crippen LogP) is 6.25. The minimum atomic E-state index is 0.624. The second-order valence-electron chi connectivity index (χ2n) is 5.11. The van der Waals surface area contributed by atoms with Gasteiger partial charge in [0.1, 0.15) is 0 Å². The van der Waals surface area contributed by atoms with Crippen LogP contribution in [0.1, 0.15) is 29.9 Å². The molecule has 4 heteroatoms. The van der Waals surface area contributed by atoms with Crippen LogP contribution in [0.25, 0.3) is 0 Å². The number of nitrogens with one attached hydrogen (secondary N) is 1. The largest absolute Gasteiger partial charge is 0.379 e. The van der Waals surface area contributed by atoms with Crippen molar-refractivity contribution in [3.8, 4) is 0 Å². The van der Waals surface area contributed by atoms with Gasteiger partial charge >= 0.3 is 0 Å². The lowest BCUT2D eigenvalue weighted by molar-refractivity contribution is 1.10. The highest BCUT2D eigenvalue weighted by Gasteiger charge is 2.22. The molecule has 0 heterocycles. The van der Waals surface area contributed by atoms with Gasteiger partial charge in [0.2, 0.25) is 0 Å². The molecule has 1 fully saturated rings. The predicted molar refractivity (Wildman–Crippen MR) is 89.9 cm³/mol. The molecule has 0 saturated heterocycles. The second kappa shape index (κ2) is 5.97. The number of halogens is 3. The first-order chi connectivity index (χ1) is 9.63. The summed E-state index contributed by atoms with van der Waals surface area (Å²) in [5.41, 5.74) is 3.46. The van der Waals surface area contributed by atoms with E-state index in [0.29, 0.717) is 16.6 Å². The Hall–Kier alpha value is -0.700. The Morgan fingerprint density at radius 1 is 1.05 bits per heavy atom. The lowest BCUT2D eigenvalue weighted by Crippen LogP contribution is -2.01. The van der Waals surface area contributed by atoms with Gasteiger partial charge in [-0.3, -0.25) is 0 Å². The highest BCUT2D eigenvalue weighted by Crippen LogP contribution is 2.40. The lowest BCUT2D eigenvalue weighted by atomic mass is 10.1. The number of anilines is 1. The van der Waals surface area contributed by atoms with E-state index in [4.69, 9.17) is 23.2 Å². The highest BCUT2D eigenvalue weighted by molar-refractivity contribution is 9.10. The van der Waals surface area contributed by atoms with Crippen molar-refractivity contribution in [1.82, 2.24) is 0 Å². The van der Waals surface area contributed by atoms with Crippen LogP contribution < -0.4 is 5.32 Å². The standard InChI is InChI=1S/C16H14BrCl2N/c17-13-7-14(18)16(15(19)8-13)20-9-10-1-3-11(4-2-10)12-5-6-12/h1-4,7-8,12,20H,5-6,9H2. The first-order valence-electron chi connectivity index (χ1n) is 6.61. The van der Waals surface area contributed by atoms with Crippen LogP contribution in [-0.4, -0.2) is 0 Å². The number of benzene rings is 2. The summed E-state index contributed by atoms with van der Waals surface area (Å²) in [6.07, 6.45) is 2.67. The third kappa shape index (κ3) is 3.30. The van der Waals surface area contributed by atoms with E-state index in [-0.39, 0.29) is 0 Å². The summed E-state index contributed by atoms with van der Waals surface area (Å²) in [6, 6.07) is 12.5. The molecule has 1 saturated carbocycles. The van der Waals surface area contributed by atoms with Crippen molar-refractivity contribution in [2.75, 3.05) is 5.32 Å². The van der Waals surface area contributed by atoms with Gasteiger partial charge in [0, 0.05) is 11.0 Å². The van der Waals surface area contributed by atoms with E-state index in [1.165, 1.54) is 24.0 Å². The lowest BCUT2D eigenvalue weighted by Gasteiger charge is -2.11. The average Bonchev–Trinajstić information content (AvgIpc) is 3.22. The molecule has 1 nitrogen and oxygen atoms in total. The Bertz CT molecular complexity index is 598. The third-order valence-corrected chi connectivity index (χ3v) is 4.56. The van der Waals surface area contributed by atoms with Crippen molar-refractivity contribution in [2.24, 2.45) is 0 Å². The maximum atomic E-state index is 6.20. The molecule has 0 aliphatic heterocycles. The van der Waals surface area contributed by atoms with Gasteiger partial charge in [0.25, 0.3) is 0 Å². The molecule has 20 heavy (non-hydrogen) atoms. The van der Waals surface area contributed by atoms with Gasteiger partial charge in [-0.1, -0.05) is 63.4 Å². The van der Waals surface area contributed by atoms with Crippen LogP contribution in [0.5, 0.6) is 0 Å². The van der Waals surface area contributed by atoms with Gasteiger partial charge in [0.15, 0.2) is 0 Å². The van der Waals surface area contributed by atoms with Crippen LogP contribution in [0.2, 0.25) is 10.0 Å². The number of hydrogen-bond donors (Lipinski definition) is 1. The van der Waals surface area contributed by atoms with E-state index >= 15 is 0 Å². The van der Waals surface area contributed by atoms with E-state index in [1.807, 2.05) is 12.1 Å². The number of rotatable bonds is 4. The maximum Gasteiger partial charge on any atom is 0.0722 e. The fourth-order valence-electron chi connectivity index (χ4n) is 2.23. The summed E-state index contributed by atoms with van der Waals surface area (Å²) >= 11 is 15.8. The third-order valence-electron chi connectivity index (χ3n) is 3.50. The maximum absolute atomic E-state index is 6.20. The first kappa shape index (κ1) is 14.2. The van der Waals surface area contributed by atoms with Gasteiger partial charge in [-0.05, 0) is 42.0 Å². The molecule has 0 unspecified atom stereocenters. The van der Waals surface area contributed by atoms with Crippen molar-refractivity contribution in [3.05, 3.63) is 62.0 Å².